The number of carbonyl (C=O) groups excluding carboxylic acids is 1. The fraction of sp³-hybridized carbons (Fsp3) is 0.800. The van der Waals surface area contributed by atoms with Crippen molar-refractivity contribution < 1.29 is 14.7 Å². The van der Waals surface area contributed by atoms with E-state index in [1.165, 1.54) is 0 Å². The monoisotopic (exact) mass is 131 g/mol. The molecule has 2 N–H and O–H groups in total. The Kier molecular flexibility index (Phi) is 1.22. The smallest absolute Gasteiger partial charge is 0.254 e. The number of aliphatic hydroxyl groups excluding tert-OH is 1. The summed E-state index contributed by atoms with van der Waals surface area (Å²) >= 11 is 0. The molecular formula is C5H9NO3. The molecular weight excluding hydrogens is 122 g/mol. The van der Waals surface area contributed by atoms with Crippen molar-refractivity contribution in [2.75, 3.05) is 0 Å². The SMILES string of the molecule is CC1(C)C(=O)NOC1O. The number of hydroxylamine groups is 1. The molecule has 4 heteroatoms. The Hall–Kier alpha value is -0.610. The predicted octanol–water partition coefficient (Wildman–Crippen LogP) is -0.608. The number of aliphatic hydroxyl groups is 1. The molecule has 1 rings (SSSR count). The number of hydrogen-bond donors (Lipinski definition) is 2. The Morgan fingerprint density at radius 2 is 2.33 bits per heavy atom. The van der Waals surface area contributed by atoms with Crippen LogP contribution in [0, 0.1) is 5.41 Å². The molecule has 0 aromatic heterocycles. The van der Waals surface area contributed by atoms with E-state index in [0.717, 1.165) is 0 Å². The van der Waals surface area contributed by atoms with E-state index in [2.05, 4.69) is 10.3 Å². The minimum Gasteiger partial charge on any atom is -0.365 e. The lowest BCUT2D eigenvalue weighted by Crippen LogP contribution is -2.30. The Labute approximate surface area is 52.8 Å². The van der Waals surface area contributed by atoms with Crippen LogP contribution in [-0.4, -0.2) is 17.3 Å². The molecule has 1 aliphatic heterocycles. The fourth-order valence-electron chi connectivity index (χ4n) is 0.500. The molecule has 1 atom stereocenters. The van der Waals surface area contributed by atoms with Crippen LogP contribution >= 0.6 is 0 Å². The first-order valence-electron chi connectivity index (χ1n) is 2.69. The molecule has 1 saturated heterocycles. The third-order valence-corrected chi connectivity index (χ3v) is 1.47. The minimum absolute atomic E-state index is 0.282. The van der Waals surface area contributed by atoms with Gasteiger partial charge in [0.1, 0.15) is 0 Å². The fourth-order valence-corrected chi connectivity index (χ4v) is 0.500. The van der Waals surface area contributed by atoms with Crippen LogP contribution < -0.4 is 5.48 Å². The van der Waals surface area contributed by atoms with Crippen LogP contribution in [0.25, 0.3) is 0 Å². The van der Waals surface area contributed by atoms with Crippen LogP contribution in [0.2, 0.25) is 0 Å². The van der Waals surface area contributed by atoms with Crippen molar-refractivity contribution in [2.45, 2.75) is 20.1 Å². The molecule has 4 nitrogen and oxygen atoms in total. The van der Waals surface area contributed by atoms with E-state index in [9.17, 15) is 4.79 Å². The number of rotatable bonds is 0. The lowest BCUT2D eigenvalue weighted by Gasteiger charge is -2.14. The zero-order chi connectivity index (χ0) is 7.07. The highest BCUT2D eigenvalue weighted by Gasteiger charge is 2.43. The van der Waals surface area contributed by atoms with Gasteiger partial charge in [0.2, 0.25) is 0 Å². The van der Waals surface area contributed by atoms with Gasteiger partial charge in [-0.2, -0.15) is 0 Å². The van der Waals surface area contributed by atoms with Crippen molar-refractivity contribution in [3.8, 4) is 0 Å². The molecule has 1 heterocycles. The number of carbonyl (C=O) groups is 1. The second kappa shape index (κ2) is 1.68. The van der Waals surface area contributed by atoms with Gasteiger partial charge in [-0.05, 0) is 13.8 Å². The van der Waals surface area contributed by atoms with Crippen molar-refractivity contribution in [1.29, 1.82) is 0 Å². The van der Waals surface area contributed by atoms with E-state index in [4.69, 9.17) is 5.11 Å². The Balaban J connectivity index is 2.78. The van der Waals surface area contributed by atoms with Gasteiger partial charge in [-0.15, -0.1) is 0 Å². The first kappa shape index (κ1) is 6.51. The van der Waals surface area contributed by atoms with Crippen LogP contribution in [0.1, 0.15) is 13.8 Å². The van der Waals surface area contributed by atoms with Gasteiger partial charge < -0.3 is 5.11 Å². The first-order valence-corrected chi connectivity index (χ1v) is 2.69. The van der Waals surface area contributed by atoms with Crippen molar-refractivity contribution in [1.82, 2.24) is 5.48 Å². The van der Waals surface area contributed by atoms with Crippen LogP contribution in [0.15, 0.2) is 0 Å². The third kappa shape index (κ3) is 0.799. The van der Waals surface area contributed by atoms with Crippen LogP contribution in [0.4, 0.5) is 0 Å². The molecule has 1 fully saturated rings. The normalized spacial score (nSPS) is 32.3. The zero-order valence-corrected chi connectivity index (χ0v) is 5.34. The summed E-state index contributed by atoms with van der Waals surface area (Å²) in [6, 6.07) is 0. The number of nitrogens with one attached hydrogen (secondary N) is 1. The van der Waals surface area contributed by atoms with Crippen molar-refractivity contribution in [3.05, 3.63) is 0 Å². The average molecular weight is 131 g/mol. The first-order chi connectivity index (χ1) is 4.05. The van der Waals surface area contributed by atoms with Gasteiger partial charge >= 0.3 is 0 Å². The lowest BCUT2D eigenvalue weighted by molar-refractivity contribution is -0.134. The quantitative estimate of drug-likeness (QED) is 0.461. The molecule has 9 heavy (non-hydrogen) atoms. The van der Waals surface area contributed by atoms with E-state index in [0.29, 0.717) is 0 Å². The van der Waals surface area contributed by atoms with Crippen LogP contribution in [0.3, 0.4) is 0 Å². The van der Waals surface area contributed by atoms with Gasteiger partial charge in [0.25, 0.3) is 5.91 Å². The predicted molar refractivity (Wildman–Crippen MR) is 29.0 cm³/mol. The third-order valence-electron chi connectivity index (χ3n) is 1.47. The van der Waals surface area contributed by atoms with Gasteiger partial charge in [0, 0.05) is 0 Å². The van der Waals surface area contributed by atoms with E-state index in [1.54, 1.807) is 13.8 Å². The van der Waals surface area contributed by atoms with E-state index < -0.39 is 11.7 Å². The maximum Gasteiger partial charge on any atom is 0.254 e. The maximum absolute atomic E-state index is 10.7. The Bertz CT molecular complexity index is 143. The van der Waals surface area contributed by atoms with E-state index >= 15 is 0 Å². The molecule has 0 radical (unpaired) electrons. The molecule has 0 saturated carbocycles. The van der Waals surface area contributed by atoms with E-state index in [1.807, 2.05) is 0 Å². The molecule has 0 spiro atoms. The molecule has 52 valence electrons. The molecule has 1 unspecified atom stereocenters. The van der Waals surface area contributed by atoms with Gasteiger partial charge in [0.15, 0.2) is 6.29 Å². The van der Waals surface area contributed by atoms with E-state index in [-0.39, 0.29) is 5.91 Å². The van der Waals surface area contributed by atoms with Crippen LogP contribution in [-0.2, 0) is 9.63 Å². The maximum atomic E-state index is 10.7. The summed E-state index contributed by atoms with van der Waals surface area (Å²) in [7, 11) is 0. The summed E-state index contributed by atoms with van der Waals surface area (Å²) in [5.41, 5.74) is 1.27. The van der Waals surface area contributed by atoms with Crippen LogP contribution in [0.5, 0.6) is 0 Å². The lowest BCUT2D eigenvalue weighted by atomic mass is 9.93. The second-order valence-corrected chi connectivity index (χ2v) is 2.62. The highest BCUT2D eigenvalue weighted by molar-refractivity contribution is 5.82. The summed E-state index contributed by atoms with van der Waals surface area (Å²) in [5.74, 6) is -0.282. The van der Waals surface area contributed by atoms with Gasteiger partial charge in [-0.3, -0.25) is 4.79 Å². The summed E-state index contributed by atoms with van der Waals surface area (Å²) in [6.45, 7) is 3.22. The Morgan fingerprint density at radius 3 is 2.44 bits per heavy atom. The van der Waals surface area contributed by atoms with Gasteiger partial charge in [0.05, 0.1) is 5.41 Å². The zero-order valence-electron chi connectivity index (χ0n) is 5.34. The summed E-state index contributed by atoms with van der Waals surface area (Å²) < 4.78 is 0. The number of hydrogen-bond acceptors (Lipinski definition) is 3. The summed E-state index contributed by atoms with van der Waals surface area (Å²) in [5, 5.41) is 8.92. The second-order valence-electron chi connectivity index (χ2n) is 2.62. The molecule has 0 bridgehead atoms. The van der Waals surface area contributed by atoms with Gasteiger partial charge in [-0.25, -0.2) is 10.3 Å². The van der Waals surface area contributed by atoms with Crippen molar-refractivity contribution >= 4 is 5.91 Å². The average Bonchev–Trinajstić information content (AvgIpc) is 1.96. The van der Waals surface area contributed by atoms with Gasteiger partial charge in [-0.1, -0.05) is 0 Å². The highest BCUT2D eigenvalue weighted by atomic mass is 16.7. The number of amides is 1. The van der Waals surface area contributed by atoms with Crippen molar-refractivity contribution in [2.24, 2.45) is 5.41 Å². The molecule has 0 aromatic rings. The minimum atomic E-state index is -1.02. The molecule has 1 aliphatic rings. The summed E-state index contributed by atoms with van der Waals surface area (Å²) in [4.78, 5) is 15.1. The standard InChI is InChI=1S/C5H9NO3/c1-5(2)3(7)6-9-4(5)8/h4,8H,1-2H3,(H,6,7). The molecule has 0 aromatic carbocycles. The summed E-state index contributed by atoms with van der Waals surface area (Å²) in [6.07, 6.45) is -1.02. The largest absolute Gasteiger partial charge is 0.365 e. The molecule has 1 amide bonds. The van der Waals surface area contributed by atoms with Crippen molar-refractivity contribution in [3.63, 3.8) is 0 Å². The topological polar surface area (TPSA) is 58.6 Å². The molecule has 0 aliphatic carbocycles. The Morgan fingerprint density at radius 1 is 1.78 bits per heavy atom. The highest BCUT2D eigenvalue weighted by Crippen LogP contribution is 2.25.